The fourth-order valence-corrected chi connectivity index (χ4v) is 2.37. The molecule has 0 spiro atoms. The third-order valence-electron chi connectivity index (χ3n) is 3.30. The first-order chi connectivity index (χ1) is 9.03. The van der Waals surface area contributed by atoms with Gasteiger partial charge in [0.1, 0.15) is 5.75 Å². The Balaban J connectivity index is 1.75. The third kappa shape index (κ3) is 5.11. The lowest BCUT2D eigenvalue weighted by Gasteiger charge is -2.14. The SMILES string of the molecule is FC(F)(F)Oc1ccc(CCCN2CCCC2)cc1. The number of ether oxygens (including phenoxy) is 1. The molecule has 1 fully saturated rings. The smallest absolute Gasteiger partial charge is 0.406 e. The minimum absolute atomic E-state index is 0.157. The number of hydrogen-bond acceptors (Lipinski definition) is 2. The van der Waals surface area contributed by atoms with Crippen molar-refractivity contribution in [2.45, 2.75) is 32.0 Å². The molecule has 0 saturated carbocycles. The molecule has 0 aliphatic carbocycles. The van der Waals surface area contributed by atoms with Crippen LogP contribution in [0.1, 0.15) is 24.8 Å². The summed E-state index contributed by atoms with van der Waals surface area (Å²) in [5.74, 6) is -0.157. The van der Waals surface area contributed by atoms with Crippen LogP contribution in [0.15, 0.2) is 24.3 Å². The van der Waals surface area contributed by atoms with Gasteiger partial charge in [0.05, 0.1) is 0 Å². The summed E-state index contributed by atoms with van der Waals surface area (Å²) in [6, 6.07) is 6.15. The third-order valence-corrected chi connectivity index (χ3v) is 3.30. The molecule has 1 aromatic carbocycles. The molecule has 0 amide bonds. The number of nitrogens with zero attached hydrogens (tertiary/aromatic N) is 1. The van der Waals surface area contributed by atoms with Crippen molar-refractivity contribution in [2.75, 3.05) is 19.6 Å². The maximum Gasteiger partial charge on any atom is 0.573 e. The first-order valence-electron chi connectivity index (χ1n) is 6.60. The molecule has 1 aliphatic rings. The van der Waals surface area contributed by atoms with E-state index >= 15 is 0 Å². The van der Waals surface area contributed by atoms with Crippen LogP contribution in [0.4, 0.5) is 13.2 Å². The van der Waals surface area contributed by atoms with Crippen LogP contribution in [0, 0.1) is 0 Å². The molecule has 0 N–H and O–H groups in total. The Hall–Kier alpha value is -1.23. The van der Waals surface area contributed by atoms with E-state index in [-0.39, 0.29) is 5.75 Å². The first kappa shape index (κ1) is 14.2. The van der Waals surface area contributed by atoms with Gasteiger partial charge in [0.2, 0.25) is 0 Å². The van der Waals surface area contributed by atoms with Gasteiger partial charge in [-0.1, -0.05) is 12.1 Å². The highest BCUT2D eigenvalue weighted by Crippen LogP contribution is 2.23. The zero-order valence-corrected chi connectivity index (χ0v) is 10.7. The van der Waals surface area contributed by atoms with Crippen molar-refractivity contribution in [3.05, 3.63) is 29.8 Å². The summed E-state index contributed by atoms with van der Waals surface area (Å²) in [4.78, 5) is 2.43. The van der Waals surface area contributed by atoms with Crippen LogP contribution in [-0.4, -0.2) is 30.9 Å². The predicted molar refractivity (Wildman–Crippen MR) is 67.1 cm³/mol. The molecule has 2 rings (SSSR count). The Kier molecular flexibility index (Phi) is 4.69. The highest BCUT2D eigenvalue weighted by Gasteiger charge is 2.30. The maximum absolute atomic E-state index is 12.0. The number of likely N-dealkylation sites (tertiary alicyclic amines) is 1. The van der Waals surface area contributed by atoms with E-state index in [2.05, 4.69) is 9.64 Å². The summed E-state index contributed by atoms with van der Waals surface area (Å²) >= 11 is 0. The molecular weight excluding hydrogens is 255 g/mol. The van der Waals surface area contributed by atoms with Crippen molar-refractivity contribution in [1.82, 2.24) is 4.90 Å². The summed E-state index contributed by atoms with van der Waals surface area (Å²) in [5, 5.41) is 0. The van der Waals surface area contributed by atoms with Gasteiger partial charge >= 0.3 is 6.36 Å². The van der Waals surface area contributed by atoms with Crippen molar-refractivity contribution in [3.63, 3.8) is 0 Å². The Labute approximate surface area is 111 Å². The fourth-order valence-electron chi connectivity index (χ4n) is 2.37. The second kappa shape index (κ2) is 6.28. The standard InChI is InChI=1S/C14H18F3NO/c15-14(16,17)19-13-7-5-12(6-8-13)4-3-11-18-9-1-2-10-18/h5-8H,1-4,9-11H2. The molecule has 1 heterocycles. The quantitative estimate of drug-likeness (QED) is 0.812. The van der Waals surface area contributed by atoms with Gasteiger partial charge in [0, 0.05) is 0 Å². The lowest BCUT2D eigenvalue weighted by molar-refractivity contribution is -0.274. The van der Waals surface area contributed by atoms with Gasteiger partial charge < -0.3 is 9.64 Å². The van der Waals surface area contributed by atoms with E-state index in [0.717, 1.165) is 24.9 Å². The number of halogens is 3. The summed E-state index contributed by atoms with van der Waals surface area (Å²) in [5.41, 5.74) is 1.05. The highest BCUT2D eigenvalue weighted by molar-refractivity contribution is 5.27. The largest absolute Gasteiger partial charge is 0.573 e. The molecule has 2 nitrogen and oxygen atoms in total. The van der Waals surface area contributed by atoms with E-state index in [0.29, 0.717) is 0 Å². The van der Waals surface area contributed by atoms with Crippen LogP contribution in [0.5, 0.6) is 5.75 Å². The summed E-state index contributed by atoms with van der Waals surface area (Å²) < 4.78 is 39.8. The zero-order chi connectivity index (χ0) is 13.7. The Morgan fingerprint density at radius 3 is 2.26 bits per heavy atom. The zero-order valence-electron chi connectivity index (χ0n) is 10.7. The minimum Gasteiger partial charge on any atom is -0.406 e. The van der Waals surface area contributed by atoms with Crippen LogP contribution >= 0.6 is 0 Å². The maximum atomic E-state index is 12.0. The second-order valence-corrected chi connectivity index (χ2v) is 4.84. The van der Waals surface area contributed by atoms with E-state index in [1.165, 1.54) is 38.1 Å². The van der Waals surface area contributed by atoms with E-state index < -0.39 is 6.36 Å². The predicted octanol–water partition coefficient (Wildman–Crippen LogP) is 3.61. The molecule has 106 valence electrons. The average molecular weight is 273 g/mol. The number of aryl methyl sites for hydroxylation is 1. The topological polar surface area (TPSA) is 12.5 Å². The van der Waals surface area contributed by atoms with E-state index in [9.17, 15) is 13.2 Å². The van der Waals surface area contributed by atoms with Gasteiger partial charge in [-0.25, -0.2) is 0 Å². The fraction of sp³-hybridized carbons (Fsp3) is 0.571. The molecule has 0 bridgehead atoms. The van der Waals surface area contributed by atoms with Crippen LogP contribution in [0.25, 0.3) is 0 Å². The summed E-state index contributed by atoms with van der Waals surface area (Å²) in [6.07, 6.45) is -0.119. The van der Waals surface area contributed by atoms with Gasteiger partial charge in [0.15, 0.2) is 0 Å². The number of rotatable bonds is 5. The Morgan fingerprint density at radius 1 is 1.05 bits per heavy atom. The second-order valence-electron chi connectivity index (χ2n) is 4.84. The first-order valence-corrected chi connectivity index (χ1v) is 6.60. The van der Waals surface area contributed by atoms with Crippen LogP contribution < -0.4 is 4.74 Å². The molecule has 0 unspecified atom stereocenters. The van der Waals surface area contributed by atoms with Crippen molar-refractivity contribution in [2.24, 2.45) is 0 Å². The lowest BCUT2D eigenvalue weighted by Crippen LogP contribution is -2.20. The van der Waals surface area contributed by atoms with Gasteiger partial charge in [-0.3, -0.25) is 0 Å². The monoisotopic (exact) mass is 273 g/mol. The highest BCUT2D eigenvalue weighted by atomic mass is 19.4. The van der Waals surface area contributed by atoms with Crippen molar-refractivity contribution < 1.29 is 17.9 Å². The molecule has 1 aromatic rings. The molecule has 1 saturated heterocycles. The van der Waals surface area contributed by atoms with Gasteiger partial charge in [-0.2, -0.15) is 0 Å². The van der Waals surface area contributed by atoms with E-state index in [1.807, 2.05) is 0 Å². The molecule has 0 radical (unpaired) electrons. The van der Waals surface area contributed by atoms with Crippen LogP contribution in [0.2, 0.25) is 0 Å². The number of hydrogen-bond donors (Lipinski definition) is 0. The summed E-state index contributed by atoms with van der Waals surface area (Å²) in [6.45, 7) is 3.43. The molecule has 0 atom stereocenters. The molecule has 5 heteroatoms. The van der Waals surface area contributed by atoms with Gasteiger partial charge in [0.25, 0.3) is 0 Å². The molecule has 1 aliphatic heterocycles. The van der Waals surface area contributed by atoms with Crippen molar-refractivity contribution >= 4 is 0 Å². The normalized spacial score (nSPS) is 16.8. The molecule has 0 aromatic heterocycles. The van der Waals surface area contributed by atoms with Gasteiger partial charge in [-0.15, -0.1) is 13.2 Å². The van der Waals surface area contributed by atoms with Crippen LogP contribution in [-0.2, 0) is 6.42 Å². The lowest BCUT2D eigenvalue weighted by atomic mass is 10.1. The van der Waals surface area contributed by atoms with Crippen molar-refractivity contribution in [1.29, 1.82) is 0 Å². The van der Waals surface area contributed by atoms with Crippen LogP contribution in [0.3, 0.4) is 0 Å². The van der Waals surface area contributed by atoms with Gasteiger partial charge in [-0.05, 0) is 63.0 Å². The molecular formula is C14H18F3NO. The Bertz CT molecular complexity index is 383. The number of alkyl halides is 3. The molecule has 19 heavy (non-hydrogen) atoms. The Morgan fingerprint density at radius 2 is 1.68 bits per heavy atom. The van der Waals surface area contributed by atoms with E-state index in [1.54, 1.807) is 12.1 Å². The summed E-state index contributed by atoms with van der Waals surface area (Å²) in [7, 11) is 0. The number of benzene rings is 1. The van der Waals surface area contributed by atoms with Crippen molar-refractivity contribution in [3.8, 4) is 5.75 Å². The van der Waals surface area contributed by atoms with E-state index in [4.69, 9.17) is 0 Å². The average Bonchev–Trinajstić information content (AvgIpc) is 2.82. The minimum atomic E-state index is -4.61.